The second-order valence-corrected chi connectivity index (χ2v) is 15.7. The molecule has 2 N–H and O–H groups in total. The van der Waals surface area contributed by atoms with Crippen molar-refractivity contribution in [1.82, 2.24) is 24.6 Å². The first-order chi connectivity index (χ1) is 30.0. The Morgan fingerprint density at radius 3 is 1.87 bits per heavy atom. The molecule has 1 aromatic carbocycles. The molecule has 0 aliphatic heterocycles. The summed E-state index contributed by atoms with van der Waals surface area (Å²) in [4.78, 5) is 48.4. The van der Waals surface area contributed by atoms with Gasteiger partial charge >= 0.3 is 12.2 Å². The maximum atomic E-state index is 12.5. The van der Waals surface area contributed by atoms with Crippen LogP contribution < -0.4 is 24.2 Å². The normalized spacial score (nSPS) is 11.0. The molecule has 0 saturated carbocycles. The lowest BCUT2D eigenvalue weighted by atomic mass is 10.1. The molecule has 0 bridgehead atoms. The van der Waals surface area contributed by atoms with E-state index in [0.29, 0.717) is 25.6 Å². The number of sulfonamides is 1. The molecule has 344 valence electrons. The number of carbonyl (C=O) groups excluding carboxylic acids is 3. The quantitative estimate of drug-likeness (QED) is 0.0291. The molecule has 0 fully saturated rings. The van der Waals surface area contributed by atoms with E-state index in [-0.39, 0.29) is 29.9 Å². The van der Waals surface area contributed by atoms with Crippen molar-refractivity contribution in [2.45, 2.75) is 102 Å². The molecular formula is C44H66N6O11S. The summed E-state index contributed by atoms with van der Waals surface area (Å²) in [6, 6.07) is 11.7. The Hall–Kier alpha value is -5.33. The Morgan fingerprint density at radius 2 is 1.27 bits per heavy atom. The van der Waals surface area contributed by atoms with Gasteiger partial charge in [0.2, 0.25) is 17.7 Å². The number of para-hydroxylation sites is 1. The van der Waals surface area contributed by atoms with Gasteiger partial charge in [-0.05, 0) is 56.4 Å². The zero-order valence-corrected chi connectivity index (χ0v) is 37.8. The third-order valence-electron chi connectivity index (χ3n) is 8.78. The molecular weight excluding hydrogens is 821 g/mol. The van der Waals surface area contributed by atoms with Gasteiger partial charge in [0.25, 0.3) is 15.9 Å². The number of pyridine rings is 1. The number of unbranched alkanes of at least 4 members (excludes halogenated alkanes) is 12. The van der Waals surface area contributed by atoms with Crippen molar-refractivity contribution in [2.24, 2.45) is 0 Å². The maximum absolute atomic E-state index is 12.5. The Morgan fingerprint density at radius 1 is 0.710 bits per heavy atom. The van der Waals surface area contributed by atoms with Crippen LogP contribution in [0.15, 0.2) is 71.9 Å². The second kappa shape index (κ2) is 32.4. The van der Waals surface area contributed by atoms with Gasteiger partial charge in [-0.2, -0.15) is 18.4 Å². The summed E-state index contributed by atoms with van der Waals surface area (Å²) >= 11 is 0. The summed E-state index contributed by atoms with van der Waals surface area (Å²) in [5.41, 5.74) is -0.188. The topological polar surface area (TPSA) is 207 Å². The summed E-state index contributed by atoms with van der Waals surface area (Å²) in [6.07, 6.45) is 23.6. The van der Waals surface area contributed by atoms with E-state index in [2.05, 4.69) is 39.3 Å². The molecule has 3 aromatic rings. The third kappa shape index (κ3) is 23.6. The van der Waals surface area contributed by atoms with Gasteiger partial charge in [-0.3, -0.25) is 10.1 Å². The van der Waals surface area contributed by atoms with Crippen molar-refractivity contribution < 1.29 is 51.2 Å². The fourth-order valence-electron chi connectivity index (χ4n) is 5.55. The number of amides is 3. The first-order valence-corrected chi connectivity index (χ1v) is 22.7. The predicted molar refractivity (Wildman–Crippen MR) is 236 cm³/mol. The Balaban J connectivity index is 0.000000434. The number of urea groups is 1. The summed E-state index contributed by atoms with van der Waals surface area (Å²) < 4.78 is 57.7. The van der Waals surface area contributed by atoms with E-state index < -0.39 is 33.1 Å². The summed E-state index contributed by atoms with van der Waals surface area (Å²) in [5, 5.41) is 1.56. The molecule has 0 aliphatic rings. The highest BCUT2D eigenvalue weighted by atomic mass is 32.2. The molecule has 0 atom stereocenters. The van der Waals surface area contributed by atoms with E-state index in [1.165, 1.54) is 141 Å². The van der Waals surface area contributed by atoms with Gasteiger partial charge in [0.1, 0.15) is 12.4 Å². The van der Waals surface area contributed by atoms with Gasteiger partial charge < -0.3 is 33.3 Å². The van der Waals surface area contributed by atoms with Crippen molar-refractivity contribution in [3.05, 3.63) is 72.4 Å². The standard InChI is InChI=1S/C29H48O5.C15H18N6O6S/c1-2-3-4-5-6-7-8-9-10-11-12-13-14-15-16-20-23-31-24-25-32-26-27-33-29(30)34-28-21-18-17-19-22-28;1-21(2)13(22)9-6-5-7-16-12(9)28(24,25)20-15(23)19-14-17-10(26-3)8-11(18-14)27-4/h9-10,17-19,21-22H,2-8,11-16,20,23-27H2,1H3;5-8H,1-4H3,(H2,17,18,19,20,23)/b10-9-;. The SMILES string of the molecule is CCCCCCCC/C=C\CCCCCCCCOCCOCCOC(=O)Oc1ccccc1.COc1cc(OC)nc(NC(=O)NS(=O)(=O)c2ncccc2C(=O)N(C)C)n1. The van der Waals surface area contributed by atoms with Crippen molar-refractivity contribution in [1.29, 1.82) is 0 Å². The zero-order chi connectivity index (χ0) is 45.3. The van der Waals surface area contributed by atoms with E-state index in [4.69, 9.17) is 28.4 Å². The minimum atomic E-state index is -4.46. The average Bonchev–Trinajstić information content (AvgIpc) is 3.26. The fraction of sp³-hybridized carbons (Fsp3) is 0.545. The van der Waals surface area contributed by atoms with E-state index in [0.717, 1.165) is 13.0 Å². The molecule has 2 heterocycles. The van der Waals surface area contributed by atoms with Crippen LogP contribution in [0.5, 0.6) is 17.5 Å². The Bertz CT molecular complexity index is 1830. The van der Waals surface area contributed by atoms with Gasteiger partial charge in [0, 0.05) is 26.9 Å². The molecule has 0 radical (unpaired) electrons. The molecule has 0 spiro atoms. The van der Waals surface area contributed by atoms with Crippen LogP contribution in [0, 0.1) is 0 Å². The van der Waals surface area contributed by atoms with Crippen LogP contribution in [0.2, 0.25) is 0 Å². The van der Waals surface area contributed by atoms with Crippen molar-refractivity contribution >= 4 is 34.1 Å². The van der Waals surface area contributed by atoms with Crippen molar-refractivity contribution in [3.8, 4) is 17.5 Å². The highest BCUT2D eigenvalue weighted by Crippen LogP contribution is 2.18. The molecule has 62 heavy (non-hydrogen) atoms. The van der Waals surface area contributed by atoms with Gasteiger partial charge in [0.05, 0.1) is 45.7 Å². The lowest BCUT2D eigenvalue weighted by molar-refractivity contribution is 0.0200. The molecule has 2 aromatic heterocycles. The first-order valence-electron chi connectivity index (χ1n) is 21.2. The highest BCUT2D eigenvalue weighted by molar-refractivity contribution is 7.90. The number of ether oxygens (including phenoxy) is 6. The number of benzene rings is 1. The number of anilines is 1. The molecule has 3 rings (SSSR count). The highest BCUT2D eigenvalue weighted by Gasteiger charge is 2.27. The van der Waals surface area contributed by atoms with Crippen molar-refractivity contribution in [3.63, 3.8) is 0 Å². The van der Waals surface area contributed by atoms with E-state index in [1.54, 1.807) is 29.0 Å². The summed E-state index contributed by atoms with van der Waals surface area (Å²) in [5.74, 6) is -0.195. The van der Waals surface area contributed by atoms with Gasteiger partial charge in [-0.25, -0.2) is 19.3 Å². The first kappa shape index (κ1) is 52.8. The number of nitrogens with one attached hydrogen (secondary N) is 2. The predicted octanol–water partition coefficient (Wildman–Crippen LogP) is 8.37. The Kier molecular flexibility index (Phi) is 27.6. The summed E-state index contributed by atoms with van der Waals surface area (Å²) in [7, 11) is 1.15. The maximum Gasteiger partial charge on any atom is 0.513 e. The lowest BCUT2D eigenvalue weighted by Gasteiger charge is -2.14. The molecule has 3 amide bonds. The minimum Gasteiger partial charge on any atom is -0.481 e. The van der Waals surface area contributed by atoms with E-state index in [1.807, 2.05) is 6.07 Å². The lowest BCUT2D eigenvalue weighted by Crippen LogP contribution is -2.36. The van der Waals surface area contributed by atoms with Crippen LogP contribution in [0.3, 0.4) is 0 Å². The van der Waals surface area contributed by atoms with Crippen LogP contribution in [-0.2, 0) is 24.2 Å². The van der Waals surface area contributed by atoms with Crippen LogP contribution in [0.4, 0.5) is 15.5 Å². The van der Waals surface area contributed by atoms with E-state index in [9.17, 15) is 22.8 Å². The number of rotatable bonds is 29. The fourth-order valence-corrected chi connectivity index (χ4v) is 6.58. The van der Waals surface area contributed by atoms with Crippen LogP contribution in [0.1, 0.15) is 107 Å². The van der Waals surface area contributed by atoms with Crippen LogP contribution in [0.25, 0.3) is 0 Å². The monoisotopic (exact) mass is 886 g/mol. The van der Waals surface area contributed by atoms with Gasteiger partial charge in [0.15, 0.2) is 5.03 Å². The molecule has 0 aliphatic carbocycles. The molecule has 17 nitrogen and oxygen atoms in total. The molecule has 0 saturated heterocycles. The van der Waals surface area contributed by atoms with Crippen LogP contribution in [-0.4, -0.2) is 108 Å². The Labute approximate surface area is 367 Å². The number of methoxy groups -OCH3 is 2. The van der Waals surface area contributed by atoms with Crippen LogP contribution >= 0.6 is 0 Å². The van der Waals surface area contributed by atoms with E-state index >= 15 is 0 Å². The zero-order valence-electron chi connectivity index (χ0n) is 37.0. The number of carbonyl (C=O) groups is 3. The summed E-state index contributed by atoms with van der Waals surface area (Å²) in [6.45, 7) is 4.63. The van der Waals surface area contributed by atoms with Gasteiger partial charge in [-0.1, -0.05) is 95.1 Å². The number of aromatic nitrogens is 3. The van der Waals surface area contributed by atoms with Gasteiger partial charge in [-0.15, -0.1) is 0 Å². The number of hydrogen-bond acceptors (Lipinski definition) is 14. The number of allylic oxidation sites excluding steroid dienone is 2. The number of nitrogens with zero attached hydrogens (tertiary/aromatic N) is 4. The third-order valence-corrected chi connectivity index (χ3v) is 10.1. The minimum absolute atomic E-state index is 0.0913. The largest absolute Gasteiger partial charge is 0.513 e. The molecule has 18 heteroatoms. The van der Waals surface area contributed by atoms with Crippen molar-refractivity contribution in [2.75, 3.05) is 66.7 Å². The number of hydrogen-bond donors (Lipinski definition) is 2. The smallest absolute Gasteiger partial charge is 0.481 e. The molecule has 0 unspecified atom stereocenters. The second-order valence-electron chi connectivity index (χ2n) is 14.1. The average molecular weight is 887 g/mol.